The van der Waals surface area contributed by atoms with Crippen molar-refractivity contribution in [1.29, 1.82) is 0 Å². The van der Waals surface area contributed by atoms with Gasteiger partial charge in [0.25, 0.3) is 0 Å². The highest BCUT2D eigenvalue weighted by Crippen LogP contribution is 2.20. The fourth-order valence-electron chi connectivity index (χ4n) is 1.09. The van der Waals surface area contributed by atoms with Crippen molar-refractivity contribution in [3.63, 3.8) is 0 Å². The minimum atomic E-state index is -3.56. The smallest absolute Gasteiger partial charge is 0.319 e. The van der Waals surface area contributed by atoms with Crippen LogP contribution in [0.3, 0.4) is 0 Å². The van der Waals surface area contributed by atoms with E-state index in [-0.39, 0.29) is 19.0 Å². The Morgan fingerprint density at radius 3 is 2.22 bits per heavy atom. The summed E-state index contributed by atoms with van der Waals surface area (Å²) >= 11 is 0. The molecule has 0 aliphatic rings. The first-order valence-electron chi connectivity index (χ1n) is 5.57. The van der Waals surface area contributed by atoms with Crippen LogP contribution in [-0.2, 0) is 28.9 Å². The van der Waals surface area contributed by atoms with Gasteiger partial charge < -0.3 is 9.47 Å². The van der Waals surface area contributed by atoms with Gasteiger partial charge in [-0.2, -0.15) is 0 Å². The van der Waals surface area contributed by atoms with Crippen LogP contribution in [0, 0.1) is 5.41 Å². The van der Waals surface area contributed by atoms with Crippen molar-refractivity contribution in [1.82, 2.24) is 0 Å². The fraction of sp³-hybridized carbons (Fsp3) is 0.818. The van der Waals surface area contributed by atoms with Gasteiger partial charge >= 0.3 is 5.97 Å². The van der Waals surface area contributed by atoms with Gasteiger partial charge in [0, 0.05) is 7.11 Å². The van der Waals surface area contributed by atoms with Crippen molar-refractivity contribution in [2.24, 2.45) is 5.41 Å². The summed E-state index contributed by atoms with van der Waals surface area (Å²) in [5.74, 6) is -2.30. The lowest BCUT2D eigenvalue weighted by molar-refractivity contribution is -0.157. The predicted molar refractivity (Wildman–Crippen MR) is 66.0 cm³/mol. The van der Waals surface area contributed by atoms with Crippen molar-refractivity contribution in [2.75, 3.05) is 31.8 Å². The van der Waals surface area contributed by atoms with Gasteiger partial charge in [-0.05, 0) is 20.8 Å². The third-order valence-corrected chi connectivity index (χ3v) is 3.92. The summed E-state index contributed by atoms with van der Waals surface area (Å²) in [6.45, 7) is 4.51. The van der Waals surface area contributed by atoms with Crippen LogP contribution in [0.1, 0.15) is 20.8 Å². The molecule has 0 aromatic heterocycles. The molecule has 0 spiro atoms. The highest BCUT2D eigenvalue weighted by Gasteiger charge is 2.39. The van der Waals surface area contributed by atoms with Gasteiger partial charge in [-0.1, -0.05) is 0 Å². The van der Waals surface area contributed by atoms with Gasteiger partial charge in [-0.3, -0.25) is 9.59 Å². The van der Waals surface area contributed by atoms with Crippen molar-refractivity contribution >= 4 is 21.6 Å². The highest BCUT2D eigenvalue weighted by molar-refractivity contribution is 7.92. The highest BCUT2D eigenvalue weighted by atomic mass is 32.2. The quantitative estimate of drug-likeness (QED) is 0.466. The fourth-order valence-corrected chi connectivity index (χ4v) is 2.41. The lowest BCUT2D eigenvalue weighted by Gasteiger charge is -2.20. The minimum absolute atomic E-state index is 0.0233. The first-order chi connectivity index (χ1) is 8.17. The molecule has 0 aliphatic carbocycles. The number of hydrogen-bond donors (Lipinski definition) is 0. The number of carbonyl (C=O) groups is 2. The van der Waals surface area contributed by atoms with Crippen molar-refractivity contribution in [3.8, 4) is 0 Å². The Balaban J connectivity index is 4.71. The Hall–Kier alpha value is -0.950. The third kappa shape index (κ3) is 5.14. The zero-order valence-electron chi connectivity index (χ0n) is 11.2. The van der Waals surface area contributed by atoms with Crippen molar-refractivity contribution in [2.45, 2.75) is 20.8 Å². The summed E-state index contributed by atoms with van der Waals surface area (Å²) in [6.07, 6.45) is 0. The molecule has 7 heteroatoms. The van der Waals surface area contributed by atoms with Crippen LogP contribution in [0.5, 0.6) is 0 Å². The second-order valence-corrected chi connectivity index (χ2v) is 6.54. The maximum atomic E-state index is 11.8. The molecule has 0 aromatic rings. The Labute approximate surface area is 108 Å². The molecule has 106 valence electrons. The molecule has 0 aromatic carbocycles. The second kappa shape index (κ2) is 6.84. The molecule has 0 rings (SSSR count). The predicted octanol–water partition coefficient (Wildman–Crippen LogP) is 0.206. The molecular weight excluding hydrogens is 260 g/mol. The molecular formula is C11H20O6S. The molecule has 0 saturated heterocycles. The third-order valence-electron chi connectivity index (χ3n) is 2.43. The second-order valence-electron chi connectivity index (χ2n) is 4.35. The number of hydrogen-bond acceptors (Lipinski definition) is 6. The average Bonchev–Trinajstić information content (AvgIpc) is 2.26. The van der Waals surface area contributed by atoms with Crippen LogP contribution in [-0.4, -0.2) is 52.0 Å². The molecule has 0 bridgehead atoms. The zero-order valence-corrected chi connectivity index (χ0v) is 12.0. The number of ether oxygens (including phenoxy) is 2. The molecule has 0 heterocycles. The number of esters is 1. The van der Waals surface area contributed by atoms with Gasteiger partial charge in [0.1, 0.15) is 11.2 Å². The van der Waals surface area contributed by atoms with Gasteiger partial charge in [0.2, 0.25) is 0 Å². The van der Waals surface area contributed by atoms with Gasteiger partial charge in [-0.25, -0.2) is 8.42 Å². The summed E-state index contributed by atoms with van der Waals surface area (Å²) in [4.78, 5) is 23.4. The number of methoxy groups -OCH3 is 1. The lowest BCUT2D eigenvalue weighted by Crippen LogP contribution is -2.39. The summed E-state index contributed by atoms with van der Waals surface area (Å²) in [5.41, 5.74) is -1.45. The number of ketones is 1. The van der Waals surface area contributed by atoms with Gasteiger partial charge in [0.15, 0.2) is 15.6 Å². The van der Waals surface area contributed by atoms with Crippen LogP contribution in [0.25, 0.3) is 0 Å². The van der Waals surface area contributed by atoms with Crippen LogP contribution in [0.2, 0.25) is 0 Å². The van der Waals surface area contributed by atoms with Crippen LogP contribution < -0.4 is 0 Å². The van der Waals surface area contributed by atoms with E-state index in [1.807, 2.05) is 0 Å². The van der Waals surface area contributed by atoms with Gasteiger partial charge in [-0.15, -0.1) is 0 Å². The Morgan fingerprint density at radius 2 is 1.78 bits per heavy atom. The van der Waals surface area contributed by atoms with Crippen LogP contribution >= 0.6 is 0 Å². The average molecular weight is 280 g/mol. The summed E-state index contributed by atoms with van der Waals surface area (Å²) in [5, 5.41) is 0. The standard InChI is InChI=1S/C11H20O6S/c1-5-17-10(13)11(2,3)9(12)8-18(14,15)7-6-16-4/h5-8H2,1-4H3. The summed E-state index contributed by atoms with van der Waals surface area (Å²) in [7, 11) is -2.18. The largest absolute Gasteiger partial charge is 0.465 e. The molecule has 0 radical (unpaired) electrons. The van der Waals surface area contributed by atoms with E-state index >= 15 is 0 Å². The molecule has 6 nitrogen and oxygen atoms in total. The maximum Gasteiger partial charge on any atom is 0.319 e. The van der Waals surface area contributed by atoms with Crippen LogP contribution in [0.15, 0.2) is 0 Å². The molecule has 0 aliphatic heterocycles. The van der Waals surface area contributed by atoms with E-state index in [9.17, 15) is 18.0 Å². The molecule has 0 fully saturated rings. The lowest BCUT2D eigenvalue weighted by atomic mass is 9.89. The topological polar surface area (TPSA) is 86.7 Å². The first kappa shape index (κ1) is 17.1. The van der Waals surface area contributed by atoms with E-state index in [2.05, 4.69) is 4.74 Å². The van der Waals surface area contributed by atoms with E-state index in [4.69, 9.17) is 4.74 Å². The first-order valence-corrected chi connectivity index (χ1v) is 7.39. The van der Waals surface area contributed by atoms with Crippen molar-refractivity contribution in [3.05, 3.63) is 0 Å². The Morgan fingerprint density at radius 1 is 1.22 bits per heavy atom. The van der Waals surface area contributed by atoms with E-state index in [0.717, 1.165) is 0 Å². The van der Waals surface area contributed by atoms with Crippen LogP contribution in [0.4, 0.5) is 0 Å². The van der Waals surface area contributed by atoms with Crippen molar-refractivity contribution < 1.29 is 27.5 Å². The summed E-state index contributed by atoms with van der Waals surface area (Å²) < 4.78 is 32.5. The normalized spacial score (nSPS) is 12.2. The number of Topliss-reactive ketones (excluding diaryl/α,β-unsaturated/α-hetero) is 1. The Kier molecular flexibility index (Phi) is 6.48. The Bertz CT molecular complexity index is 396. The zero-order chi connectivity index (χ0) is 14.4. The van der Waals surface area contributed by atoms with Gasteiger partial charge in [0.05, 0.1) is 19.0 Å². The minimum Gasteiger partial charge on any atom is -0.465 e. The molecule has 0 atom stereocenters. The summed E-state index contributed by atoms with van der Waals surface area (Å²) in [6, 6.07) is 0. The monoisotopic (exact) mass is 280 g/mol. The van der Waals surface area contributed by atoms with E-state index in [1.54, 1.807) is 6.92 Å². The molecule has 0 unspecified atom stereocenters. The number of carbonyl (C=O) groups excluding carboxylic acids is 2. The number of sulfone groups is 1. The SMILES string of the molecule is CCOC(=O)C(C)(C)C(=O)CS(=O)(=O)CCOC. The van der Waals surface area contributed by atoms with E-state index in [1.165, 1.54) is 21.0 Å². The number of rotatable bonds is 8. The molecule has 0 N–H and O–H groups in total. The molecule has 0 saturated carbocycles. The van der Waals surface area contributed by atoms with E-state index < -0.39 is 32.8 Å². The maximum absolute atomic E-state index is 11.8. The molecule has 18 heavy (non-hydrogen) atoms. The van der Waals surface area contributed by atoms with E-state index in [0.29, 0.717) is 0 Å². The molecule has 0 amide bonds.